The van der Waals surface area contributed by atoms with Crippen molar-refractivity contribution in [1.29, 1.82) is 0 Å². The third-order valence-corrected chi connectivity index (χ3v) is 19.6. The van der Waals surface area contributed by atoms with Gasteiger partial charge < -0.3 is 50.5 Å². The molecule has 0 saturated carbocycles. The van der Waals surface area contributed by atoms with E-state index in [9.17, 15) is 40.5 Å². The summed E-state index contributed by atoms with van der Waals surface area (Å²) in [4.78, 5) is 13.3. The van der Waals surface area contributed by atoms with Crippen LogP contribution in [0.1, 0.15) is 399 Å². The largest absolute Gasteiger partial charge is 0.394 e. The smallest absolute Gasteiger partial charge is 0.249 e. The molecule has 0 aliphatic carbocycles. The van der Waals surface area contributed by atoms with Crippen molar-refractivity contribution in [2.75, 3.05) is 13.2 Å². The van der Waals surface area contributed by atoms with Gasteiger partial charge in [-0.05, 0) is 89.9 Å². The van der Waals surface area contributed by atoms with E-state index < -0.39 is 74.2 Å². The third kappa shape index (κ3) is 56.6. The highest BCUT2D eigenvalue weighted by Crippen LogP contribution is 2.24. The van der Waals surface area contributed by atoms with Crippen LogP contribution in [0.25, 0.3) is 0 Å². The van der Waals surface area contributed by atoms with Crippen molar-refractivity contribution in [1.82, 2.24) is 5.32 Å². The first-order valence-corrected chi connectivity index (χ1v) is 40.5. The fourth-order valence-corrected chi connectivity index (χ4v) is 13.1. The highest BCUT2D eigenvalue weighted by atomic mass is 16.7. The maximum atomic E-state index is 13.3. The minimum Gasteiger partial charge on any atom is -0.394 e. The molecule has 1 aliphatic rings. The number of unbranched alkanes of at least 4 members (excludes halogenated alkanes) is 52. The van der Waals surface area contributed by atoms with E-state index in [1.165, 1.54) is 308 Å². The summed E-state index contributed by atoms with van der Waals surface area (Å²) < 4.78 is 11.2. The number of allylic oxidation sites excluding steroid dienone is 8. The van der Waals surface area contributed by atoms with Crippen LogP contribution in [0.5, 0.6) is 0 Å². The second-order valence-corrected chi connectivity index (χ2v) is 28.5. The quantitative estimate of drug-likeness (QED) is 0.0215. The number of aliphatic hydroxyl groups is 7. The lowest BCUT2D eigenvalue weighted by Crippen LogP contribution is -2.60. The first kappa shape index (κ1) is 89.1. The molecule has 1 saturated heterocycles. The van der Waals surface area contributed by atoms with Crippen molar-refractivity contribution in [3.8, 4) is 0 Å². The van der Waals surface area contributed by atoms with E-state index >= 15 is 0 Å². The average Bonchev–Trinajstić information content (AvgIpc) is 1.04. The van der Waals surface area contributed by atoms with Crippen molar-refractivity contribution in [3.63, 3.8) is 0 Å². The lowest BCUT2D eigenvalue weighted by molar-refractivity contribution is -0.303. The molecule has 548 valence electrons. The van der Waals surface area contributed by atoms with Gasteiger partial charge in [-0.1, -0.05) is 358 Å². The van der Waals surface area contributed by atoms with Gasteiger partial charge in [-0.25, -0.2) is 0 Å². The van der Waals surface area contributed by atoms with E-state index in [4.69, 9.17) is 9.47 Å². The lowest BCUT2D eigenvalue weighted by atomic mass is 9.98. The van der Waals surface area contributed by atoms with Crippen LogP contribution in [-0.4, -0.2) is 110 Å². The number of carbonyl (C=O) groups excluding carboxylic acids is 1. The summed E-state index contributed by atoms with van der Waals surface area (Å²) in [5.74, 6) is -0.707. The minimum absolute atomic E-state index is 0.242. The molecule has 0 aromatic rings. The molecular weight excluding hydrogens is 1160 g/mol. The number of nitrogens with one attached hydrogen (secondary N) is 1. The Morgan fingerprint density at radius 2 is 0.645 bits per heavy atom. The van der Waals surface area contributed by atoms with Crippen LogP contribution in [0.15, 0.2) is 48.6 Å². The van der Waals surface area contributed by atoms with E-state index in [-0.39, 0.29) is 12.8 Å². The zero-order chi connectivity index (χ0) is 67.4. The van der Waals surface area contributed by atoms with E-state index in [1.54, 1.807) is 0 Å². The molecule has 9 atom stereocenters. The summed E-state index contributed by atoms with van der Waals surface area (Å²) >= 11 is 0. The Hall–Kier alpha value is -1.93. The van der Waals surface area contributed by atoms with E-state index in [1.807, 2.05) is 0 Å². The number of amides is 1. The first-order chi connectivity index (χ1) is 45.7. The Balaban J connectivity index is 2.16. The van der Waals surface area contributed by atoms with Crippen molar-refractivity contribution in [2.45, 2.75) is 454 Å². The summed E-state index contributed by atoms with van der Waals surface area (Å²) in [6.07, 6.45) is 82.4. The van der Waals surface area contributed by atoms with Gasteiger partial charge in [0.1, 0.15) is 36.6 Å². The fourth-order valence-electron chi connectivity index (χ4n) is 13.1. The van der Waals surface area contributed by atoms with Gasteiger partial charge in [-0.2, -0.15) is 0 Å². The average molecular weight is 1320 g/mol. The van der Waals surface area contributed by atoms with Crippen LogP contribution in [0.2, 0.25) is 0 Å². The molecule has 1 aliphatic heterocycles. The molecule has 11 nitrogen and oxygen atoms in total. The molecule has 0 aromatic heterocycles. The van der Waals surface area contributed by atoms with Crippen molar-refractivity contribution < 1.29 is 50.0 Å². The molecule has 1 fully saturated rings. The van der Waals surface area contributed by atoms with Gasteiger partial charge in [-0.15, -0.1) is 0 Å². The van der Waals surface area contributed by atoms with Crippen LogP contribution in [0, 0.1) is 0 Å². The molecule has 1 amide bonds. The lowest BCUT2D eigenvalue weighted by Gasteiger charge is -2.40. The summed E-state index contributed by atoms with van der Waals surface area (Å²) in [6, 6.07) is -1.20. The highest BCUT2D eigenvalue weighted by molar-refractivity contribution is 5.80. The van der Waals surface area contributed by atoms with Gasteiger partial charge in [0.25, 0.3) is 0 Å². The second kappa shape index (κ2) is 70.0. The van der Waals surface area contributed by atoms with E-state index in [0.717, 1.165) is 44.9 Å². The van der Waals surface area contributed by atoms with Crippen LogP contribution in [0.4, 0.5) is 0 Å². The highest BCUT2D eigenvalue weighted by Gasteiger charge is 2.44. The molecule has 11 heteroatoms. The Morgan fingerprint density at radius 3 is 0.957 bits per heavy atom. The number of carbonyl (C=O) groups is 1. The number of ether oxygens (including phenoxy) is 2. The van der Waals surface area contributed by atoms with E-state index in [2.05, 4.69) is 67.8 Å². The number of hydrogen-bond acceptors (Lipinski definition) is 10. The summed E-state index contributed by atoms with van der Waals surface area (Å²) in [5.41, 5.74) is 0. The zero-order valence-electron chi connectivity index (χ0n) is 61.0. The maximum Gasteiger partial charge on any atom is 0.249 e. The molecule has 93 heavy (non-hydrogen) atoms. The predicted molar refractivity (Wildman–Crippen MR) is 395 cm³/mol. The maximum absolute atomic E-state index is 13.3. The van der Waals surface area contributed by atoms with Crippen molar-refractivity contribution in [2.24, 2.45) is 0 Å². The van der Waals surface area contributed by atoms with Gasteiger partial charge in [0, 0.05) is 0 Å². The normalized spacial score (nSPS) is 18.5. The van der Waals surface area contributed by atoms with E-state index in [0.29, 0.717) is 19.3 Å². The Kier molecular flexibility index (Phi) is 67.0. The van der Waals surface area contributed by atoms with Crippen LogP contribution in [0.3, 0.4) is 0 Å². The van der Waals surface area contributed by atoms with Crippen molar-refractivity contribution in [3.05, 3.63) is 48.6 Å². The summed E-state index contributed by atoms with van der Waals surface area (Å²) in [5, 5.41) is 76.7. The molecule has 8 N–H and O–H groups in total. The van der Waals surface area contributed by atoms with Gasteiger partial charge in [0.15, 0.2) is 6.29 Å². The second-order valence-electron chi connectivity index (χ2n) is 28.5. The number of hydrogen-bond donors (Lipinski definition) is 8. The van der Waals surface area contributed by atoms with Gasteiger partial charge in [0.05, 0.1) is 25.4 Å². The summed E-state index contributed by atoms with van der Waals surface area (Å²) in [6.45, 7) is 3.50. The van der Waals surface area contributed by atoms with Gasteiger partial charge in [0.2, 0.25) is 5.91 Å². The Labute approximate surface area is 574 Å². The van der Waals surface area contributed by atoms with Crippen LogP contribution < -0.4 is 5.32 Å². The fraction of sp³-hybridized carbons (Fsp3) is 0.890. The topological polar surface area (TPSA) is 189 Å². The Bertz CT molecular complexity index is 1660. The molecular formula is C82H155NO10. The monoisotopic (exact) mass is 1310 g/mol. The Morgan fingerprint density at radius 1 is 0.366 bits per heavy atom. The number of aliphatic hydroxyl groups excluding tert-OH is 7. The zero-order valence-corrected chi connectivity index (χ0v) is 61.0. The molecule has 0 aromatic carbocycles. The molecule has 1 heterocycles. The number of rotatable bonds is 72. The van der Waals surface area contributed by atoms with Crippen molar-refractivity contribution >= 4 is 5.91 Å². The molecule has 0 bridgehead atoms. The predicted octanol–water partition coefficient (Wildman–Crippen LogP) is 21.0. The first-order valence-electron chi connectivity index (χ1n) is 40.5. The SMILES string of the molecule is CCCCCCCCCCCCCCCC/C=C\CCCCCCCCCCCCCCCCCCC(O)C(=O)NC(COC1OC(CO)C(O)C(O)C1O)C(O)C(O)CCC/C=C/CC/C=C/CC/C=C/CCCCCCCCCCCCCCCCCCCCC. The van der Waals surface area contributed by atoms with Gasteiger partial charge in [-0.3, -0.25) is 4.79 Å². The standard InChI is InChI=1S/C82H155NO10/c1-3-5-7-9-11-13-15-17-19-21-23-25-27-29-31-33-35-37-38-40-42-44-46-48-50-52-54-56-58-60-62-64-66-68-70-75(86)81(91)83-73(72-92-82-80(90)79(89)78(88)76(71-84)93-82)77(87)74(85)69-67-65-63-61-59-57-55-53-51-49-47-45-43-41-39-36-34-32-30-28-26-24-22-20-18-16-14-12-10-8-6-4-2/h33,35,45,47,53,55,61,63,73-80,82,84-90H,3-32,34,36-44,46,48-52,54,56-60,62,64-72H2,1-2H3,(H,83,91)/b35-33-,47-45+,55-53+,63-61+. The third-order valence-electron chi connectivity index (χ3n) is 19.6. The summed E-state index contributed by atoms with van der Waals surface area (Å²) in [7, 11) is 0. The van der Waals surface area contributed by atoms with Gasteiger partial charge >= 0.3 is 0 Å². The van der Waals surface area contributed by atoms with Crippen LogP contribution >= 0.6 is 0 Å². The molecule has 9 unspecified atom stereocenters. The molecule has 0 spiro atoms. The minimum atomic E-state index is -1.68. The molecule has 1 rings (SSSR count). The molecule has 0 radical (unpaired) electrons. The van der Waals surface area contributed by atoms with Crippen LogP contribution in [-0.2, 0) is 14.3 Å².